The van der Waals surface area contributed by atoms with Gasteiger partial charge in [-0.05, 0) is 47.7 Å². The quantitative estimate of drug-likeness (QED) is 0.474. The molecule has 0 radical (unpaired) electrons. The fraction of sp³-hybridized carbons (Fsp3) is 0.0667. The first-order valence-electron chi connectivity index (χ1n) is 5.58. The zero-order valence-corrected chi connectivity index (χ0v) is 11.8. The zero-order valence-electron chi connectivity index (χ0n) is 10.2. The molecule has 2 rings (SSSR count). The smallest absolute Gasteiger partial charge is 0.213 e. The standard InChI is InChI=1S/C15H10ClNOS/c1-10-5-6-19-15(10)14(18)12(9-17)7-11-3-2-4-13(16)8-11/h2-8H,1H3/b12-7-. The average Bonchev–Trinajstić information content (AvgIpc) is 2.81. The number of benzene rings is 1. The molecule has 0 amide bonds. The lowest BCUT2D eigenvalue weighted by molar-refractivity contribution is 0.104. The van der Waals surface area contributed by atoms with Crippen molar-refractivity contribution in [2.75, 3.05) is 0 Å². The predicted molar refractivity (Wildman–Crippen MR) is 78.4 cm³/mol. The predicted octanol–water partition coefficient (Wildman–Crippen LogP) is 4.50. The van der Waals surface area contributed by atoms with Crippen LogP contribution < -0.4 is 0 Å². The van der Waals surface area contributed by atoms with E-state index in [9.17, 15) is 4.79 Å². The Morgan fingerprint density at radius 2 is 2.21 bits per heavy atom. The Balaban J connectivity index is 2.39. The molecule has 0 spiro atoms. The number of carbonyl (C=O) groups excluding carboxylic acids is 1. The number of rotatable bonds is 3. The highest BCUT2D eigenvalue weighted by Crippen LogP contribution is 2.21. The summed E-state index contributed by atoms with van der Waals surface area (Å²) in [4.78, 5) is 12.8. The van der Waals surface area contributed by atoms with Crippen molar-refractivity contribution < 1.29 is 4.79 Å². The van der Waals surface area contributed by atoms with Gasteiger partial charge in [-0.1, -0.05) is 23.7 Å². The van der Waals surface area contributed by atoms with Crippen molar-refractivity contribution in [2.24, 2.45) is 0 Å². The zero-order chi connectivity index (χ0) is 13.8. The molecule has 1 aromatic carbocycles. The van der Waals surface area contributed by atoms with Crippen LogP contribution >= 0.6 is 22.9 Å². The minimum Gasteiger partial charge on any atom is -0.287 e. The Bertz CT molecular complexity index is 694. The van der Waals surface area contributed by atoms with E-state index in [1.807, 2.05) is 24.4 Å². The summed E-state index contributed by atoms with van der Waals surface area (Å²) in [6.07, 6.45) is 1.56. The Labute approximate surface area is 120 Å². The van der Waals surface area contributed by atoms with Crippen LogP contribution in [0.15, 0.2) is 41.3 Å². The van der Waals surface area contributed by atoms with Gasteiger partial charge in [0.25, 0.3) is 0 Å². The number of carbonyl (C=O) groups is 1. The number of Topliss-reactive ketones (excluding diaryl/α,β-unsaturated/α-hetero) is 1. The van der Waals surface area contributed by atoms with Gasteiger partial charge in [0.05, 0.1) is 4.88 Å². The van der Waals surface area contributed by atoms with Gasteiger partial charge in [-0.2, -0.15) is 5.26 Å². The highest BCUT2D eigenvalue weighted by Gasteiger charge is 2.15. The lowest BCUT2D eigenvalue weighted by atomic mass is 10.1. The van der Waals surface area contributed by atoms with Crippen molar-refractivity contribution in [3.63, 3.8) is 0 Å². The molecule has 1 aromatic heterocycles. The monoisotopic (exact) mass is 287 g/mol. The second kappa shape index (κ2) is 5.83. The fourth-order valence-electron chi connectivity index (χ4n) is 1.64. The summed E-state index contributed by atoms with van der Waals surface area (Å²) >= 11 is 7.23. The number of aryl methyl sites for hydroxylation is 1. The minimum absolute atomic E-state index is 0.118. The molecule has 0 aliphatic carbocycles. The van der Waals surface area contributed by atoms with Gasteiger partial charge in [-0.25, -0.2) is 0 Å². The molecule has 0 saturated carbocycles. The lowest BCUT2D eigenvalue weighted by Gasteiger charge is -1.99. The Morgan fingerprint density at radius 1 is 1.42 bits per heavy atom. The third-order valence-electron chi connectivity index (χ3n) is 2.59. The highest BCUT2D eigenvalue weighted by atomic mass is 35.5. The summed E-state index contributed by atoms with van der Waals surface area (Å²) in [6.45, 7) is 1.86. The van der Waals surface area contributed by atoms with Gasteiger partial charge in [0.1, 0.15) is 11.6 Å². The third-order valence-corrected chi connectivity index (χ3v) is 3.84. The maximum absolute atomic E-state index is 12.2. The van der Waals surface area contributed by atoms with Crippen LogP contribution in [-0.2, 0) is 0 Å². The molecule has 2 aromatic rings. The van der Waals surface area contributed by atoms with Crippen molar-refractivity contribution in [1.82, 2.24) is 0 Å². The van der Waals surface area contributed by atoms with E-state index in [4.69, 9.17) is 16.9 Å². The van der Waals surface area contributed by atoms with Crippen LogP contribution in [0.2, 0.25) is 5.02 Å². The molecule has 4 heteroatoms. The lowest BCUT2D eigenvalue weighted by Crippen LogP contribution is -2.00. The maximum atomic E-state index is 12.2. The van der Waals surface area contributed by atoms with E-state index in [2.05, 4.69) is 0 Å². The van der Waals surface area contributed by atoms with Gasteiger partial charge in [0.2, 0.25) is 5.78 Å². The second-order valence-electron chi connectivity index (χ2n) is 3.99. The molecule has 0 bridgehead atoms. The molecule has 0 fully saturated rings. The Hall–Kier alpha value is -1.89. The van der Waals surface area contributed by atoms with E-state index in [0.717, 1.165) is 11.1 Å². The van der Waals surface area contributed by atoms with Crippen molar-refractivity contribution in [3.05, 3.63) is 62.3 Å². The number of nitriles is 1. The van der Waals surface area contributed by atoms with Crippen LogP contribution in [0.4, 0.5) is 0 Å². The molecule has 0 aliphatic heterocycles. The molecular formula is C15H10ClNOS. The first-order valence-corrected chi connectivity index (χ1v) is 6.83. The largest absolute Gasteiger partial charge is 0.287 e. The number of thiophene rings is 1. The Kier molecular flexibility index (Phi) is 4.16. The Morgan fingerprint density at radius 3 is 2.79 bits per heavy atom. The summed E-state index contributed by atoms with van der Waals surface area (Å²) in [7, 11) is 0. The topological polar surface area (TPSA) is 40.9 Å². The number of hydrogen-bond acceptors (Lipinski definition) is 3. The number of hydrogen-bond donors (Lipinski definition) is 0. The van der Waals surface area contributed by atoms with E-state index in [-0.39, 0.29) is 11.4 Å². The van der Waals surface area contributed by atoms with E-state index >= 15 is 0 Å². The summed E-state index contributed by atoms with van der Waals surface area (Å²) in [6, 6.07) is 10.9. The fourth-order valence-corrected chi connectivity index (χ4v) is 2.72. The number of halogens is 1. The molecular weight excluding hydrogens is 278 g/mol. The maximum Gasteiger partial charge on any atom is 0.213 e. The molecule has 2 nitrogen and oxygen atoms in total. The van der Waals surface area contributed by atoms with Gasteiger partial charge in [0.15, 0.2) is 0 Å². The van der Waals surface area contributed by atoms with Gasteiger partial charge >= 0.3 is 0 Å². The summed E-state index contributed by atoms with van der Waals surface area (Å²) in [5.74, 6) is -0.241. The van der Waals surface area contributed by atoms with Crippen LogP contribution in [0.25, 0.3) is 6.08 Å². The van der Waals surface area contributed by atoms with Crippen LogP contribution in [0.3, 0.4) is 0 Å². The summed E-state index contributed by atoms with van der Waals surface area (Å²) in [5.41, 5.74) is 1.75. The number of ketones is 1. The van der Waals surface area contributed by atoms with Gasteiger partial charge in [-0.3, -0.25) is 4.79 Å². The van der Waals surface area contributed by atoms with Gasteiger partial charge in [0, 0.05) is 5.02 Å². The molecule has 0 aliphatic rings. The van der Waals surface area contributed by atoms with E-state index in [1.54, 1.807) is 30.3 Å². The van der Waals surface area contributed by atoms with Crippen molar-refractivity contribution >= 4 is 34.8 Å². The van der Waals surface area contributed by atoms with E-state index < -0.39 is 0 Å². The van der Waals surface area contributed by atoms with Crippen LogP contribution in [-0.4, -0.2) is 5.78 Å². The molecule has 0 unspecified atom stereocenters. The summed E-state index contributed by atoms with van der Waals surface area (Å²) in [5, 5.41) is 11.6. The van der Waals surface area contributed by atoms with Crippen LogP contribution in [0, 0.1) is 18.3 Å². The third kappa shape index (κ3) is 3.11. The SMILES string of the molecule is Cc1ccsc1C(=O)/C(C#N)=C\c1cccc(Cl)c1. The first kappa shape index (κ1) is 13.5. The molecule has 19 heavy (non-hydrogen) atoms. The van der Waals surface area contributed by atoms with Gasteiger partial charge < -0.3 is 0 Å². The highest BCUT2D eigenvalue weighted by molar-refractivity contribution is 7.12. The average molecular weight is 288 g/mol. The van der Waals surface area contributed by atoms with Crippen molar-refractivity contribution in [1.29, 1.82) is 5.26 Å². The van der Waals surface area contributed by atoms with E-state index in [0.29, 0.717) is 9.90 Å². The second-order valence-corrected chi connectivity index (χ2v) is 5.34. The molecule has 0 N–H and O–H groups in total. The van der Waals surface area contributed by atoms with Crippen molar-refractivity contribution in [2.45, 2.75) is 6.92 Å². The van der Waals surface area contributed by atoms with Gasteiger partial charge in [-0.15, -0.1) is 11.3 Å². The number of nitrogens with zero attached hydrogens (tertiary/aromatic N) is 1. The molecule has 94 valence electrons. The van der Waals surface area contributed by atoms with Crippen LogP contribution in [0.1, 0.15) is 20.8 Å². The van der Waals surface area contributed by atoms with Crippen molar-refractivity contribution in [3.8, 4) is 6.07 Å². The summed E-state index contributed by atoms with van der Waals surface area (Å²) < 4.78 is 0. The minimum atomic E-state index is -0.241. The van der Waals surface area contributed by atoms with E-state index in [1.165, 1.54) is 11.3 Å². The number of allylic oxidation sites excluding steroid dienone is 1. The molecule has 0 saturated heterocycles. The normalized spacial score (nSPS) is 11.1. The molecule has 1 heterocycles. The first-order chi connectivity index (χ1) is 9.11. The van der Waals surface area contributed by atoms with Crippen LogP contribution in [0.5, 0.6) is 0 Å². The molecule has 0 atom stereocenters.